The number of para-hydroxylation sites is 3. The largest absolute Gasteiger partial charge is 0.311 e. The summed E-state index contributed by atoms with van der Waals surface area (Å²) in [4.78, 5) is 6.91. The van der Waals surface area contributed by atoms with Crippen molar-refractivity contribution in [1.82, 2.24) is 0 Å². The van der Waals surface area contributed by atoms with E-state index in [1.54, 1.807) is 0 Å². The third-order valence-electron chi connectivity index (χ3n) is 8.36. The molecule has 7 aromatic carbocycles. The van der Waals surface area contributed by atoms with E-state index < -0.39 is 0 Å². The van der Waals surface area contributed by atoms with Crippen molar-refractivity contribution >= 4 is 51.2 Å². The minimum absolute atomic E-state index is 1.09. The molecule has 7 rings (SSSR count). The van der Waals surface area contributed by atoms with Gasteiger partial charge in [0.05, 0.1) is 0 Å². The molecule has 0 radical (unpaired) electrons. The SMILES string of the molecule is Cc1ccc(N(c2ccccc2)c2ccc(N(c3ccccc3)c3ccc(N(c4ccccc4)c4ccc(C)cc4)cc3)cc2)cc1. The van der Waals surface area contributed by atoms with E-state index in [1.807, 2.05) is 0 Å². The Morgan fingerprint density at radius 1 is 0.213 bits per heavy atom. The first kappa shape index (κ1) is 29.6. The molecule has 228 valence electrons. The van der Waals surface area contributed by atoms with Crippen molar-refractivity contribution in [2.24, 2.45) is 0 Å². The normalized spacial score (nSPS) is 10.8. The molecular formula is C44H37N3. The first-order chi connectivity index (χ1) is 23.1. The molecule has 0 saturated heterocycles. The van der Waals surface area contributed by atoms with Crippen LogP contribution in [-0.2, 0) is 0 Å². The van der Waals surface area contributed by atoms with Gasteiger partial charge in [0.25, 0.3) is 0 Å². The summed E-state index contributed by atoms with van der Waals surface area (Å²) in [7, 11) is 0. The lowest BCUT2D eigenvalue weighted by Gasteiger charge is -2.29. The van der Waals surface area contributed by atoms with E-state index in [-0.39, 0.29) is 0 Å². The summed E-state index contributed by atoms with van der Waals surface area (Å²) in [5.74, 6) is 0. The molecule has 0 aliphatic rings. The van der Waals surface area contributed by atoms with Crippen LogP contribution >= 0.6 is 0 Å². The van der Waals surface area contributed by atoms with Gasteiger partial charge in [-0.3, -0.25) is 0 Å². The van der Waals surface area contributed by atoms with Crippen molar-refractivity contribution in [3.63, 3.8) is 0 Å². The van der Waals surface area contributed by atoms with Crippen molar-refractivity contribution in [1.29, 1.82) is 0 Å². The van der Waals surface area contributed by atoms with Gasteiger partial charge in [-0.25, -0.2) is 0 Å². The van der Waals surface area contributed by atoms with Crippen LogP contribution in [0.1, 0.15) is 11.1 Å². The van der Waals surface area contributed by atoms with Gasteiger partial charge in [-0.05, 0) is 123 Å². The Hall–Kier alpha value is -6.06. The van der Waals surface area contributed by atoms with Crippen molar-refractivity contribution in [2.75, 3.05) is 14.7 Å². The number of anilines is 9. The Kier molecular flexibility index (Phi) is 8.52. The highest BCUT2D eigenvalue weighted by Gasteiger charge is 2.17. The van der Waals surface area contributed by atoms with Crippen LogP contribution < -0.4 is 14.7 Å². The standard InChI is InChI=1S/C44H37N3/c1-34-18-22-39(23-19-34)45(36-12-6-3-7-13-36)41-26-30-43(31-27-41)47(38-16-10-5-11-17-38)44-32-28-42(29-33-44)46(37-14-8-4-9-15-37)40-24-20-35(2)21-25-40/h3-33H,1-2H3. The Balaban J connectivity index is 1.26. The second-order valence-corrected chi connectivity index (χ2v) is 11.7. The van der Waals surface area contributed by atoms with E-state index >= 15 is 0 Å². The zero-order valence-electron chi connectivity index (χ0n) is 26.7. The van der Waals surface area contributed by atoms with Crippen LogP contribution in [0.3, 0.4) is 0 Å². The summed E-state index contributed by atoms with van der Waals surface area (Å²) in [6, 6.07) is 66.7. The lowest BCUT2D eigenvalue weighted by Crippen LogP contribution is -2.13. The van der Waals surface area contributed by atoms with E-state index in [2.05, 4.69) is 217 Å². The molecule has 0 aromatic heterocycles. The van der Waals surface area contributed by atoms with Crippen LogP contribution in [-0.4, -0.2) is 0 Å². The summed E-state index contributed by atoms with van der Waals surface area (Å²) in [5.41, 5.74) is 12.5. The third kappa shape index (κ3) is 6.51. The average Bonchev–Trinajstić information content (AvgIpc) is 3.13. The molecule has 3 heteroatoms. The minimum Gasteiger partial charge on any atom is -0.311 e. The molecule has 0 atom stereocenters. The highest BCUT2D eigenvalue weighted by Crippen LogP contribution is 2.41. The summed E-state index contributed by atoms with van der Waals surface area (Å²) in [6.07, 6.45) is 0. The van der Waals surface area contributed by atoms with Crippen LogP contribution in [0.4, 0.5) is 51.2 Å². The average molecular weight is 608 g/mol. The van der Waals surface area contributed by atoms with Gasteiger partial charge in [-0.1, -0.05) is 90.0 Å². The topological polar surface area (TPSA) is 9.72 Å². The third-order valence-corrected chi connectivity index (χ3v) is 8.36. The fraction of sp³-hybridized carbons (Fsp3) is 0.0455. The quantitative estimate of drug-likeness (QED) is 0.162. The van der Waals surface area contributed by atoms with Crippen molar-refractivity contribution < 1.29 is 0 Å². The highest BCUT2D eigenvalue weighted by atomic mass is 15.2. The fourth-order valence-electron chi connectivity index (χ4n) is 5.96. The van der Waals surface area contributed by atoms with E-state index in [0.29, 0.717) is 0 Å². The molecule has 0 aliphatic heterocycles. The Morgan fingerprint density at radius 3 is 0.596 bits per heavy atom. The van der Waals surface area contributed by atoms with Crippen LogP contribution in [0.5, 0.6) is 0 Å². The zero-order chi connectivity index (χ0) is 32.0. The first-order valence-electron chi connectivity index (χ1n) is 16.0. The summed E-state index contributed by atoms with van der Waals surface area (Å²) < 4.78 is 0. The molecule has 0 N–H and O–H groups in total. The lowest BCUT2D eigenvalue weighted by atomic mass is 10.1. The molecule has 0 unspecified atom stereocenters. The predicted octanol–water partition coefficient (Wildman–Crippen LogP) is 12.7. The van der Waals surface area contributed by atoms with Crippen LogP contribution in [0.15, 0.2) is 188 Å². The van der Waals surface area contributed by atoms with Crippen molar-refractivity contribution in [3.05, 3.63) is 199 Å². The molecule has 0 heterocycles. The molecule has 0 fully saturated rings. The highest BCUT2D eigenvalue weighted by molar-refractivity contribution is 5.83. The molecule has 0 aliphatic carbocycles. The molecule has 0 saturated carbocycles. The van der Waals surface area contributed by atoms with Gasteiger partial charge in [-0.15, -0.1) is 0 Å². The molecule has 47 heavy (non-hydrogen) atoms. The number of nitrogens with zero attached hydrogens (tertiary/aromatic N) is 3. The number of hydrogen-bond acceptors (Lipinski definition) is 3. The Bertz CT molecular complexity index is 1870. The van der Waals surface area contributed by atoms with E-state index in [9.17, 15) is 0 Å². The molecular weight excluding hydrogens is 571 g/mol. The van der Waals surface area contributed by atoms with Gasteiger partial charge >= 0.3 is 0 Å². The maximum absolute atomic E-state index is 2.31. The van der Waals surface area contributed by atoms with Gasteiger partial charge in [0, 0.05) is 51.2 Å². The van der Waals surface area contributed by atoms with Crippen molar-refractivity contribution in [3.8, 4) is 0 Å². The smallest absolute Gasteiger partial charge is 0.0463 e. The monoisotopic (exact) mass is 607 g/mol. The van der Waals surface area contributed by atoms with Crippen LogP contribution in [0.25, 0.3) is 0 Å². The van der Waals surface area contributed by atoms with Crippen molar-refractivity contribution in [2.45, 2.75) is 13.8 Å². The van der Waals surface area contributed by atoms with E-state index in [0.717, 1.165) is 51.2 Å². The van der Waals surface area contributed by atoms with E-state index in [1.165, 1.54) is 11.1 Å². The van der Waals surface area contributed by atoms with Crippen LogP contribution in [0.2, 0.25) is 0 Å². The maximum Gasteiger partial charge on any atom is 0.0463 e. The lowest BCUT2D eigenvalue weighted by molar-refractivity contribution is 1.24. The zero-order valence-corrected chi connectivity index (χ0v) is 26.7. The Labute approximate surface area is 278 Å². The molecule has 0 spiro atoms. The molecule has 0 bridgehead atoms. The van der Waals surface area contributed by atoms with Gasteiger partial charge in [0.2, 0.25) is 0 Å². The predicted molar refractivity (Wildman–Crippen MR) is 200 cm³/mol. The maximum atomic E-state index is 2.31. The van der Waals surface area contributed by atoms with E-state index in [4.69, 9.17) is 0 Å². The second kappa shape index (κ2) is 13.5. The Morgan fingerprint density at radius 2 is 0.383 bits per heavy atom. The fourth-order valence-corrected chi connectivity index (χ4v) is 5.96. The number of aryl methyl sites for hydroxylation is 2. The molecule has 7 aromatic rings. The first-order valence-corrected chi connectivity index (χ1v) is 16.0. The van der Waals surface area contributed by atoms with Crippen LogP contribution in [0, 0.1) is 13.8 Å². The summed E-state index contributed by atoms with van der Waals surface area (Å²) in [5, 5.41) is 0. The molecule has 3 nitrogen and oxygen atoms in total. The number of rotatable bonds is 9. The van der Waals surface area contributed by atoms with Gasteiger partial charge in [0.1, 0.15) is 0 Å². The number of benzene rings is 7. The molecule has 0 amide bonds. The van der Waals surface area contributed by atoms with Gasteiger partial charge in [0.15, 0.2) is 0 Å². The summed E-state index contributed by atoms with van der Waals surface area (Å²) in [6.45, 7) is 4.25. The summed E-state index contributed by atoms with van der Waals surface area (Å²) >= 11 is 0. The van der Waals surface area contributed by atoms with Gasteiger partial charge < -0.3 is 14.7 Å². The minimum atomic E-state index is 1.09. The second-order valence-electron chi connectivity index (χ2n) is 11.7. The van der Waals surface area contributed by atoms with Gasteiger partial charge in [-0.2, -0.15) is 0 Å². The number of hydrogen-bond donors (Lipinski definition) is 0.